The van der Waals surface area contributed by atoms with Crippen LogP contribution in [-0.2, 0) is 25.7 Å². The number of ether oxygens (including phenoxy) is 2. The number of aliphatic hydroxyl groups excluding tert-OH is 3. The van der Waals surface area contributed by atoms with E-state index < -0.39 is 49.2 Å². The number of likely N-dealkylation sites (N-methyl/N-ethyl adjacent to an activating group) is 1. The number of imide groups is 1. The van der Waals surface area contributed by atoms with E-state index in [1.165, 1.54) is 148 Å². The van der Waals surface area contributed by atoms with Gasteiger partial charge in [0.05, 0.1) is 13.2 Å². The van der Waals surface area contributed by atoms with Crippen molar-refractivity contribution >= 4 is 17.9 Å². The topological polar surface area (TPSA) is 149 Å². The highest BCUT2D eigenvalue weighted by Gasteiger charge is 2.53. The first-order valence-corrected chi connectivity index (χ1v) is 26.4. The molecule has 1 aliphatic rings. The Labute approximate surface area is 390 Å². The van der Waals surface area contributed by atoms with E-state index in [-0.39, 0.29) is 32.0 Å². The number of aliphatic hydroxyl groups is 3. The largest absolute Gasteiger partial charge is 0.444 e. The first-order chi connectivity index (χ1) is 31.3. The van der Waals surface area contributed by atoms with E-state index in [4.69, 9.17) is 9.47 Å². The van der Waals surface area contributed by atoms with E-state index >= 15 is 0 Å². The third kappa shape index (κ3) is 24.8. The molecule has 0 aliphatic carbocycles. The minimum absolute atomic E-state index is 0.125. The van der Waals surface area contributed by atoms with Crippen LogP contribution in [0.15, 0.2) is 30.3 Å². The van der Waals surface area contributed by atoms with E-state index in [9.17, 15) is 29.7 Å². The summed E-state index contributed by atoms with van der Waals surface area (Å²) < 4.78 is 11.9. The van der Waals surface area contributed by atoms with Gasteiger partial charge in [-0.1, -0.05) is 230 Å². The number of nitrogens with zero attached hydrogens (tertiary/aromatic N) is 2. The molecule has 0 bridgehead atoms. The maximum absolute atomic E-state index is 14.3. The van der Waals surface area contributed by atoms with Crippen molar-refractivity contribution in [1.29, 1.82) is 0 Å². The zero-order chi connectivity index (χ0) is 46.5. The van der Waals surface area contributed by atoms with E-state index in [0.717, 1.165) is 43.4 Å². The summed E-state index contributed by atoms with van der Waals surface area (Å²) in [4.78, 5) is 44.3. The molecule has 4 N–H and O–H groups in total. The third-order valence-corrected chi connectivity index (χ3v) is 13.0. The number of amides is 3. The molecule has 3 amide bonds. The van der Waals surface area contributed by atoms with Crippen molar-refractivity contribution in [2.75, 3.05) is 26.7 Å². The molecule has 0 aromatic heterocycles. The Balaban J connectivity index is 2.04. The summed E-state index contributed by atoms with van der Waals surface area (Å²) in [5, 5.41) is 35.8. The van der Waals surface area contributed by atoms with Crippen LogP contribution in [0.3, 0.4) is 0 Å². The first kappa shape index (κ1) is 57.6. The molecule has 11 nitrogen and oxygen atoms in total. The number of unbranched alkanes of at least 4 members (excludes halogenated alkanes) is 29. The highest BCUT2D eigenvalue weighted by atomic mass is 16.6. The van der Waals surface area contributed by atoms with Gasteiger partial charge < -0.3 is 35.0 Å². The van der Waals surface area contributed by atoms with Gasteiger partial charge in [-0.2, -0.15) is 0 Å². The molecule has 0 saturated carbocycles. The molecule has 1 heterocycles. The maximum atomic E-state index is 14.3. The second-order valence-electron chi connectivity index (χ2n) is 18.6. The number of carbonyl (C=O) groups is 3. The zero-order valence-corrected chi connectivity index (χ0v) is 41.0. The van der Waals surface area contributed by atoms with Crippen molar-refractivity contribution in [2.24, 2.45) is 0 Å². The van der Waals surface area contributed by atoms with E-state index in [1.54, 1.807) is 24.1 Å². The molecule has 1 fully saturated rings. The van der Waals surface area contributed by atoms with Gasteiger partial charge in [-0.3, -0.25) is 9.59 Å². The van der Waals surface area contributed by atoms with Gasteiger partial charge in [-0.05, 0) is 25.5 Å². The third-order valence-electron chi connectivity index (χ3n) is 13.0. The number of nitrogens with one attached hydrogen (secondary N) is 1. The molecule has 0 spiro atoms. The number of hydrogen-bond donors (Lipinski definition) is 4. The van der Waals surface area contributed by atoms with Crippen molar-refractivity contribution in [3.63, 3.8) is 0 Å². The fraction of sp³-hybridized carbons (Fsp3) is 0.830. The lowest BCUT2D eigenvalue weighted by Crippen LogP contribution is -2.70. The Morgan fingerprint density at radius 3 is 1.44 bits per heavy atom. The average Bonchev–Trinajstić information content (AvgIpc) is 3.30. The molecular formula is C53H95N3O8. The Kier molecular flexibility index (Phi) is 34.6. The Morgan fingerprint density at radius 1 is 0.594 bits per heavy atom. The zero-order valence-electron chi connectivity index (χ0n) is 41.0. The predicted octanol–water partition coefficient (Wildman–Crippen LogP) is 11.5. The van der Waals surface area contributed by atoms with Gasteiger partial charge in [-0.25, -0.2) is 9.69 Å². The van der Waals surface area contributed by atoms with Crippen LogP contribution in [0.5, 0.6) is 0 Å². The van der Waals surface area contributed by atoms with Crippen molar-refractivity contribution in [2.45, 2.75) is 257 Å². The molecule has 1 aromatic rings. The minimum Gasteiger partial charge on any atom is -0.444 e. The quantitative estimate of drug-likeness (QED) is 0.0472. The van der Waals surface area contributed by atoms with Gasteiger partial charge in [-0.15, -0.1) is 0 Å². The lowest BCUT2D eigenvalue weighted by Gasteiger charge is -2.49. The van der Waals surface area contributed by atoms with Crippen LogP contribution >= 0.6 is 0 Å². The predicted molar refractivity (Wildman–Crippen MR) is 260 cm³/mol. The molecule has 64 heavy (non-hydrogen) atoms. The summed E-state index contributed by atoms with van der Waals surface area (Å²) in [6, 6.07) is 7.58. The fourth-order valence-corrected chi connectivity index (χ4v) is 9.05. The number of carbonyl (C=O) groups excluding carboxylic acids is 3. The normalized spacial score (nSPS) is 18.6. The Bertz CT molecular complexity index is 1290. The van der Waals surface area contributed by atoms with Gasteiger partial charge in [0.2, 0.25) is 11.8 Å². The summed E-state index contributed by atoms with van der Waals surface area (Å²) in [5.74, 6) is -0.908. The molecule has 1 aliphatic heterocycles. The summed E-state index contributed by atoms with van der Waals surface area (Å²) in [7, 11) is 1.57. The SMILES string of the molecule is CCCCCCCCCCCCCCCCCCN(C(=O)CCCCCCCCCCCCCCCCC)[C@@H]1O[C@H](CO)[C@@H](O)[C@H](O)[C@H]1N(C(=O)CNC)C(=O)OCc1ccccc1. The fourth-order valence-electron chi connectivity index (χ4n) is 9.05. The molecule has 2 rings (SSSR count). The van der Waals surface area contributed by atoms with Crippen LogP contribution in [0.4, 0.5) is 4.79 Å². The highest BCUT2D eigenvalue weighted by molar-refractivity contribution is 5.93. The summed E-state index contributed by atoms with van der Waals surface area (Å²) in [5.41, 5.74) is 0.707. The number of benzene rings is 1. The van der Waals surface area contributed by atoms with E-state index in [2.05, 4.69) is 19.2 Å². The van der Waals surface area contributed by atoms with Crippen molar-refractivity contribution < 1.29 is 39.2 Å². The van der Waals surface area contributed by atoms with Crippen molar-refractivity contribution in [3.05, 3.63) is 35.9 Å². The first-order valence-electron chi connectivity index (χ1n) is 26.4. The van der Waals surface area contributed by atoms with Gasteiger partial charge in [0.15, 0.2) is 6.23 Å². The van der Waals surface area contributed by atoms with Crippen molar-refractivity contribution in [1.82, 2.24) is 15.1 Å². The molecule has 0 unspecified atom stereocenters. The van der Waals surface area contributed by atoms with Crippen LogP contribution in [0.2, 0.25) is 0 Å². The van der Waals surface area contributed by atoms with Crippen molar-refractivity contribution in [3.8, 4) is 0 Å². The van der Waals surface area contributed by atoms with E-state index in [0.29, 0.717) is 18.4 Å². The summed E-state index contributed by atoms with van der Waals surface area (Å²) in [6.45, 7) is 3.80. The lowest BCUT2D eigenvalue weighted by atomic mass is 9.93. The van der Waals surface area contributed by atoms with Gasteiger partial charge >= 0.3 is 6.09 Å². The molecule has 0 radical (unpaired) electrons. The highest BCUT2D eigenvalue weighted by Crippen LogP contribution is 2.30. The average molecular weight is 902 g/mol. The van der Waals surface area contributed by atoms with Crippen LogP contribution < -0.4 is 5.32 Å². The van der Waals surface area contributed by atoms with Gasteiger partial charge in [0.25, 0.3) is 0 Å². The maximum Gasteiger partial charge on any atom is 0.417 e. The molecule has 5 atom stereocenters. The van der Waals surface area contributed by atoms with Crippen LogP contribution in [0.25, 0.3) is 0 Å². The van der Waals surface area contributed by atoms with Crippen LogP contribution in [0.1, 0.15) is 225 Å². The second kappa shape index (κ2) is 38.5. The lowest BCUT2D eigenvalue weighted by molar-refractivity contribution is -0.244. The molecule has 1 saturated heterocycles. The van der Waals surface area contributed by atoms with E-state index in [1.807, 2.05) is 18.2 Å². The standard InChI is InChI=1S/C53H95N3O8/c1-4-6-8-10-12-14-16-18-20-22-24-26-28-30-32-37-41-55(47(58)40-36-31-29-27-25-23-21-19-17-15-13-11-9-7-5-2)52-49(51(61)50(60)46(43-57)64-52)56(48(59)42-54-3)53(62)63-44-45-38-34-33-35-39-45/h33-35,38-39,46,49-52,54,57,60-61H,4-32,36-37,40-44H2,1-3H3/t46-,49-,50-,51-,52-/m1/s1. The monoisotopic (exact) mass is 902 g/mol. The molecule has 370 valence electrons. The Hall–Kier alpha value is -2.57. The van der Waals surface area contributed by atoms with Crippen LogP contribution in [0, 0.1) is 0 Å². The number of rotatable bonds is 40. The van der Waals surface area contributed by atoms with Gasteiger partial charge in [0, 0.05) is 13.0 Å². The van der Waals surface area contributed by atoms with Gasteiger partial charge in [0.1, 0.15) is 31.0 Å². The Morgan fingerprint density at radius 2 is 1.02 bits per heavy atom. The molecule has 11 heteroatoms. The smallest absolute Gasteiger partial charge is 0.417 e. The van der Waals surface area contributed by atoms with Crippen LogP contribution in [-0.4, -0.2) is 100 Å². The number of hydrogen-bond acceptors (Lipinski definition) is 9. The summed E-state index contributed by atoms with van der Waals surface area (Å²) in [6.07, 6.45) is 31.1. The summed E-state index contributed by atoms with van der Waals surface area (Å²) >= 11 is 0. The second-order valence-corrected chi connectivity index (χ2v) is 18.6. The molecule has 1 aromatic carbocycles. The minimum atomic E-state index is -1.71. The molecular weight excluding hydrogens is 807 g/mol.